The number of carbonyl (C=O) groups excluding carboxylic acids is 2. The Morgan fingerprint density at radius 2 is 1.00 bits per heavy atom. The molecule has 8 atom stereocenters. The van der Waals surface area contributed by atoms with Crippen LogP contribution in [0.5, 0.6) is 0 Å². The lowest BCUT2D eigenvalue weighted by atomic mass is 9.99. The quantitative estimate of drug-likeness (QED) is 0.0196. The van der Waals surface area contributed by atoms with Gasteiger partial charge in [0.05, 0.1) is 25.4 Å². The lowest BCUT2D eigenvalue weighted by Gasteiger charge is -2.41. The van der Waals surface area contributed by atoms with Gasteiger partial charge in [-0.1, -0.05) is 201 Å². The molecule has 0 aromatic heterocycles. The molecule has 72 heavy (non-hydrogen) atoms. The van der Waals surface area contributed by atoms with Crippen LogP contribution in [0.3, 0.4) is 0 Å². The van der Waals surface area contributed by atoms with Crippen LogP contribution in [0.25, 0.3) is 0 Å². The Morgan fingerprint density at radius 3 is 1.50 bits per heavy atom. The molecule has 1 rings (SSSR count). The first-order valence-corrected chi connectivity index (χ1v) is 28.2. The first-order chi connectivity index (χ1) is 35.2. The van der Waals surface area contributed by atoms with E-state index in [0.29, 0.717) is 12.8 Å². The molecule has 1 aliphatic heterocycles. The molecule has 410 valence electrons. The van der Waals surface area contributed by atoms with Crippen molar-refractivity contribution >= 4 is 11.9 Å². The van der Waals surface area contributed by atoms with Gasteiger partial charge in [0.15, 0.2) is 12.4 Å². The second kappa shape index (κ2) is 48.3. The molecule has 6 N–H and O–H groups in total. The van der Waals surface area contributed by atoms with Gasteiger partial charge in [0.2, 0.25) is 5.91 Å². The molecular formula is C61H101NO10. The van der Waals surface area contributed by atoms with Crippen LogP contribution in [-0.2, 0) is 23.8 Å². The Kier molecular flexibility index (Phi) is 44.5. The summed E-state index contributed by atoms with van der Waals surface area (Å²) in [5, 5.41) is 56.7. The zero-order chi connectivity index (χ0) is 52.5. The van der Waals surface area contributed by atoms with E-state index in [1.807, 2.05) is 6.08 Å². The first kappa shape index (κ1) is 66.3. The molecule has 0 aromatic rings. The smallest absolute Gasteiger partial charge is 0.306 e. The summed E-state index contributed by atoms with van der Waals surface area (Å²) in [6, 6.07) is -1.05. The van der Waals surface area contributed by atoms with E-state index in [2.05, 4.69) is 123 Å². The summed E-state index contributed by atoms with van der Waals surface area (Å²) in [7, 11) is 0. The maximum Gasteiger partial charge on any atom is 0.306 e. The standard InChI is InChI=1S/C61H101NO10/c1-4-7-10-13-16-19-22-24-25-26-27-28-29-31-34-37-40-43-46-49-56(66)72-59-58(68)57(67)55(50-63)71-61(59)70-51-52(53(64)47-44-41-38-35-32-21-18-15-12-9-6-3)62-60(69)54(65)48-45-42-39-36-33-30-23-20-17-14-11-8-5-2/h7-8,10-11,16-17,19-20,24-25,27-28,30-31,33-34,44,47,52-55,57-59,61,63-65,67-68H,4-6,9,12-15,18,21-23,26,29,32,35-43,45-46,48-51H2,1-3H3,(H,62,69)/b10-7-,11-8+,19-16-,20-17+,25-24-,28-27-,33-30+,34-31-,47-44+. The molecule has 1 amide bonds. The Morgan fingerprint density at radius 1 is 0.556 bits per heavy atom. The number of hydrogen-bond acceptors (Lipinski definition) is 10. The highest BCUT2D eigenvalue weighted by atomic mass is 16.7. The lowest BCUT2D eigenvalue weighted by Crippen LogP contribution is -2.61. The normalized spacial score (nSPS) is 20.4. The minimum atomic E-state index is -1.64. The number of ether oxygens (including phenoxy) is 3. The van der Waals surface area contributed by atoms with Crippen molar-refractivity contribution in [3.05, 3.63) is 109 Å². The molecular weight excluding hydrogens is 907 g/mol. The molecule has 0 saturated carbocycles. The molecule has 0 bridgehead atoms. The molecule has 0 aromatic carbocycles. The van der Waals surface area contributed by atoms with Gasteiger partial charge >= 0.3 is 5.97 Å². The predicted molar refractivity (Wildman–Crippen MR) is 296 cm³/mol. The SMILES string of the molecule is CC/C=C\C/C=C\C/C=C\C/C=C\C/C=C\CCCCCC(=O)OC1C(OCC(NC(=O)C(O)CCCCC/C=C/C/C=C/C/C=C/CC)C(O)/C=C/CCCCCCCCCCC)OC(CO)C(O)C1O. The van der Waals surface area contributed by atoms with Crippen LogP contribution in [0.1, 0.15) is 201 Å². The minimum Gasteiger partial charge on any atom is -0.454 e. The Bertz CT molecular complexity index is 1580. The van der Waals surface area contributed by atoms with Gasteiger partial charge in [-0.2, -0.15) is 0 Å². The van der Waals surface area contributed by atoms with Gasteiger partial charge in [0.25, 0.3) is 0 Å². The molecule has 1 fully saturated rings. The second-order valence-corrected chi connectivity index (χ2v) is 18.9. The van der Waals surface area contributed by atoms with Crippen LogP contribution in [0, 0.1) is 0 Å². The van der Waals surface area contributed by atoms with Crippen LogP contribution < -0.4 is 5.32 Å². The van der Waals surface area contributed by atoms with Crippen molar-refractivity contribution in [1.82, 2.24) is 5.32 Å². The Labute approximate surface area is 437 Å². The van der Waals surface area contributed by atoms with Gasteiger partial charge < -0.3 is 45.1 Å². The van der Waals surface area contributed by atoms with E-state index in [1.165, 1.54) is 38.5 Å². The average molecular weight is 1010 g/mol. The Hall–Kier alpha value is -3.68. The molecule has 0 spiro atoms. The number of amides is 1. The summed E-state index contributed by atoms with van der Waals surface area (Å²) >= 11 is 0. The fourth-order valence-electron chi connectivity index (χ4n) is 7.98. The third-order valence-corrected chi connectivity index (χ3v) is 12.4. The number of unbranched alkanes of at least 4 members (excludes halogenated alkanes) is 15. The van der Waals surface area contributed by atoms with Crippen LogP contribution in [0.4, 0.5) is 0 Å². The molecule has 1 heterocycles. The fraction of sp³-hybridized carbons (Fsp3) is 0.672. The number of carbonyl (C=O) groups is 2. The number of hydrogen-bond donors (Lipinski definition) is 6. The lowest BCUT2D eigenvalue weighted by molar-refractivity contribution is -0.305. The zero-order valence-corrected chi connectivity index (χ0v) is 45.0. The first-order valence-electron chi connectivity index (χ1n) is 28.2. The number of esters is 1. The Balaban J connectivity index is 2.76. The summed E-state index contributed by atoms with van der Waals surface area (Å²) < 4.78 is 17.5. The minimum absolute atomic E-state index is 0.0753. The van der Waals surface area contributed by atoms with Crippen LogP contribution in [0.15, 0.2) is 109 Å². The molecule has 1 saturated heterocycles. The number of aliphatic hydroxyl groups is 5. The van der Waals surface area contributed by atoms with Crippen molar-refractivity contribution in [2.24, 2.45) is 0 Å². The second-order valence-electron chi connectivity index (χ2n) is 18.9. The fourth-order valence-corrected chi connectivity index (χ4v) is 7.98. The maximum atomic E-state index is 13.3. The monoisotopic (exact) mass is 1010 g/mol. The van der Waals surface area contributed by atoms with Gasteiger partial charge in [0, 0.05) is 6.42 Å². The van der Waals surface area contributed by atoms with E-state index in [0.717, 1.165) is 116 Å². The van der Waals surface area contributed by atoms with Crippen LogP contribution in [-0.4, -0.2) is 99.6 Å². The highest BCUT2D eigenvalue weighted by Gasteiger charge is 2.47. The number of aliphatic hydroxyl groups excluding tert-OH is 5. The van der Waals surface area contributed by atoms with E-state index in [9.17, 15) is 35.1 Å². The van der Waals surface area contributed by atoms with Crippen molar-refractivity contribution < 1.29 is 49.3 Å². The molecule has 1 aliphatic rings. The number of nitrogens with one attached hydrogen (secondary N) is 1. The highest BCUT2D eigenvalue weighted by molar-refractivity contribution is 5.80. The van der Waals surface area contributed by atoms with Crippen molar-refractivity contribution in [2.75, 3.05) is 13.2 Å². The van der Waals surface area contributed by atoms with Crippen molar-refractivity contribution in [2.45, 2.75) is 250 Å². The topological polar surface area (TPSA) is 175 Å². The average Bonchev–Trinajstić information content (AvgIpc) is 3.38. The van der Waals surface area contributed by atoms with E-state index < -0.39 is 67.4 Å². The largest absolute Gasteiger partial charge is 0.454 e. The van der Waals surface area contributed by atoms with Crippen LogP contribution in [0.2, 0.25) is 0 Å². The molecule has 8 unspecified atom stereocenters. The highest BCUT2D eigenvalue weighted by Crippen LogP contribution is 2.26. The summed E-state index contributed by atoms with van der Waals surface area (Å²) in [5.74, 6) is -1.26. The molecule has 11 heteroatoms. The van der Waals surface area contributed by atoms with Crippen molar-refractivity contribution in [3.8, 4) is 0 Å². The van der Waals surface area contributed by atoms with E-state index >= 15 is 0 Å². The summed E-state index contributed by atoms with van der Waals surface area (Å²) in [6.07, 6.45) is 54.2. The van der Waals surface area contributed by atoms with E-state index in [1.54, 1.807) is 6.08 Å². The summed E-state index contributed by atoms with van der Waals surface area (Å²) in [5.41, 5.74) is 0. The summed E-state index contributed by atoms with van der Waals surface area (Å²) in [6.45, 7) is 5.48. The molecule has 0 radical (unpaired) electrons. The van der Waals surface area contributed by atoms with Crippen LogP contribution >= 0.6 is 0 Å². The number of rotatable bonds is 45. The van der Waals surface area contributed by atoms with Gasteiger partial charge in [-0.05, 0) is 103 Å². The third kappa shape index (κ3) is 36.3. The van der Waals surface area contributed by atoms with Gasteiger partial charge in [-0.25, -0.2) is 0 Å². The third-order valence-electron chi connectivity index (χ3n) is 12.4. The molecule has 11 nitrogen and oxygen atoms in total. The summed E-state index contributed by atoms with van der Waals surface area (Å²) in [4.78, 5) is 26.4. The van der Waals surface area contributed by atoms with Crippen molar-refractivity contribution in [3.63, 3.8) is 0 Å². The van der Waals surface area contributed by atoms with E-state index in [-0.39, 0.29) is 19.4 Å². The zero-order valence-electron chi connectivity index (χ0n) is 45.0. The van der Waals surface area contributed by atoms with Gasteiger partial charge in [0.1, 0.15) is 24.4 Å². The predicted octanol–water partition coefficient (Wildman–Crippen LogP) is 12.5. The maximum absolute atomic E-state index is 13.3. The number of allylic oxidation sites excluding steroid dienone is 17. The van der Waals surface area contributed by atoms with Crippen molar-refractivity contribution in [1.29, 1.82) is 0 Å². The molecule has 0 aliphatic carbocycles. The van der Waals surface area contributed by atoms with E-state index in [4.69, 9.17) is 14.2 Å². The van der Waals surface area contributed by atoms with Gasteiger partial charge in [-0.3, -0.25) is 9.59 Å². The van der Waals surface area contributed by atoms with Gasteiger partial charge in [-0.15, -0.1) is 0 Å².